The molecule has 0 saturated carbocycles. The highest BCUT2D eigenvalue weighted by Gasteiger charge is 2.28. The van der Waals surface area contributed by atoms with Crippen molar-refractivity contribution in [1.29, 1.82) is 0 Å². The fourth-order valence-corrected chi connectivity index (χ4v) is 2.84. The van der Waals surface area contributed by atoms with Crippen LogP contribution in [0.3, 0.4) is 0 Å². The van der Waals surface area contributed by atoms with Gasteiger partial charge in [0.1, 0.15) is 0 Å². The van der Waals surface area contributed by atoms with Gasteiger partial charge < -0.3 is 15.0 Å². The molecule has 0 spiro atoms. The number of nitrogens with zero attached hydrogens (tertiary/aromatic N) is 1. The molecule has 0 bridgehead atoms. The van der Waals surface area contributed by atoms with Gasteiger partial charge >= 0.3 is 0 Å². The van der Waals surface area contributed by atoms with Gasteiger partial charge in [0, 0.05) is 25.7 Å². The quantitative estimate of drug-likeness (QED) is 0.783. The second-order valence-electron chi connectivity index (χ2n) is 5.47. The Morgan fingerprint density at radius 3 is 2.94 bits per heavy atom. The molecule has 0 aromatic rings. The molecule has 4 nitrogen and oxygen atoms in total. The molecular formula is C13H24N2O2. The molecule has 2 rings (SSSR count). The lowest BCUT2D eigenvalue weighted by Crippen LogP contribution is -2.47. The van der Waals surface area contributed by atoms with Crippen LogP contribution < -0.4 is 5.32 Å². The van der Waals surface area contributed by atoms with Gasteiger partial charge in [-0.2, -0.15) is 0 Å². The lowest BCUT2D eigenvalue weighted by atomic mass is 9.93. The van der Waals surface area contributed by atoms with Crippen molar-refractivity contribution in [2.75, 3.05) is 26.2 Å². The van der Waals surface area contributed by atoms with E-state index in [0.29, 0.717) is 12.5 Å². The van der Waals surface area contributed by atoms with E-state index in [9.17, 15) is 4.79 Å². The van der Waals surface area contributed by atoms with Crippen molar-refractivity contribution in [3.8, 4) is 0 Å². The minimum absolute atomic E-state index is 0.0720. The highest BCUT2D eigenvalue weighted by atomic mass is 16.5. The number of carbonyl (C=O) groups excluding carboxylic acids is 1. The Kier molecular flexibility index (Phi) is 4.40. The van der Waals surface area contributed by atoms with E-state index >= 15 is 0 Å². The number of morpholine rings is 1. The van der Waals surface area contributed by atoms with Crippen LogP contribution in [0.1, 0.15) is 33.1 Å². The summed E-state index contributed by atoms with van der Waals surface area (Å²) in [5.74, 6) is 1.01. The normalized spacial score (nSPS) is 34.7. The van der Waals surface area contributed by atoms with Gasteiger partial charge in [-0.05, 0) is 25.7 Å². The van der Waals surface area contributed by atoms with Crippen LogP contribution in [0.2, 0.25) is 0 Å². The number of rotatable bonds is 2. The van der Waals surface area contributed by atoms with Gasteiger partial charge in [-0.25, -0.2) is 0 Å². The van der Waals surface area contributed by atoms with E-state index < -0.39 is 0 Å². The smallest absolute Gasteiger partial charge is 0.225 e. The molecule has 2 fully saturated rings. The molecule has 1 N–H and O–H groups in total. The van der Waals surface area contributed by atoms with Crippen molar-refractivity contribution in [2.24, 2.45) is 5.92 Å². The zero-order chi connectivity index (χ0) is 12.3. The Labute approximate surface area is 104 Å². The van der Waals surface area contributed by atoms with Gasteiger partial charge in [0.25, 0.3) is 0 Å². The maximum absolute atomic E-state index is 12.2. The van der Waals surface area contributed by atoms with E-state index in [1.807, 2.05) is 4.90 Å². The number of carbonyl (C=O) groups is 1. The summed E-state index contributed by atoms with van der Waals surface area (Å²) >= 11 is 0. The maximum atomic E-state index is 12.2. The lowest BCUT2D eigenvalue weighted by Gasteiger charge is -2.37. The molecule has 3 atom stereocenters. The molecule has 0 unspecified atom stereocenters. The Morgan fingerprint density at radius 2 is 2.29 bits per heavy atom. The summed E-state index contributed by atoms with van der Waals surface area (Å²) in [6.07, 6.45) is 2.88. The van der Waals surface area contributed by atoms with Gasteiger partial charge in [-0.15, -0.1) is 0 Å². The van der Waals surface area contributed by atoms with Crippen LogP contribution in [0.25, 0.3) is 0 Å². The highest BCUT2D eigenvalue weighted by Crippen LogP contribution is 2.23. The second-order valence-corrected chi connectivity index (χ2v) is 5.47. The predicted molar refractivity (Wildman–Crippen MR) is 66.8 cm³/mol. The average molecular weight is 240 g/mol. The number of ether oxygens (including phenoxy) is 1. The van der Waals surface area contributed by atoms with E-state index in [2.05, 4.69) is 19.2 Å². The number of hydrogen-bond donors (Lipinski definition) is 1. The summed E-state index contributed by atoms with van der Waals surface area (Å²) in [4.78, 5) is 14.2. The van der Waals surface area contributed by atoms with Gasteiger partial charge in [0.05, 0.1) is 19.1 Å². The first-order valence-electron chi connectivity index (χ1n) is 6.78. The van der Waals surface area contributed by atoms with E-state index in [0.717, 1.165) is 45.0 Å². The molecule has 98 valence electrons. The Morgan fingerprint density at radius 1 is 1.47 bits per heavy atom. The first-order chi connectivity index (χ1) is 8.16. The third-order valence-electron chi connectivity index (χ3n) is 3.87. The van der Waals surface area contributed by atoms with E-state index in [-0.39, 0.29) is 12.0 Å². The van der Waals surface area contributed by atoms with E-state index in [1.54, 1.807) is 0 Å². The zero-order valence-electron chi connectivity index (χ0n) is 10.9. The summed E-state index contributed by atoms with van der Waals surface area (Å²) in [7, 11) is 0. The summed E-state index contributed by atoms with van der Waals surface area (Å²) in [5.41, 5.74) is 0. The number of amides is 1. The third-order valence-corrected chi connectivity index (χ3v) is 3.87. The number of piperidine rings is 1. The first kappa shape index (κ1) is 12.8. The molecule has 2 saturated heterocycles. The first-order valence-corrected chi connectivity index (χ1v) is 6.78. The molecule has 2 aliphatic rings. The number of likely N-dealkylation sites (tertiary alicyclic amines) is 1. The van der Waals surface area contributed by atoms with Crippen molar-refractivity contribution < 1.29 is 9.53 Å². The van der Waals surface area contributed by atoms with Crippen LogP contribution in [-0.4, -0.2) is 49.2 Å². The predicted octanol–water partition coefficient (Wildman–Crippen LogP) is 1.01. The van der Waals surface area contributed by atoms with Gasteiger partial charge in [-0.3, -0.25) is 4.79 Å². The third kappa shape index (κ3) is 3.42. The van der Waals surface area contributed by atoms with Crippen LogP contribution in [0, 0.1) is 5.92 Å². The monoisotopic (exact) mass is 240 g/mol. The zero-order valence-corrected chi connectivity index (χ0v) is 10.9. The highest BCUT2D eigenvalue weighted by molar-refractivity contribution is 5.77. The van der Waals surface area contributed by atoms with E-state index in [1.165, 1.54) is 0 Å². The minimum Gasteiger partial charge on any atom is -0.375 e. The largest absolute Gasteiger partial charge is 0.375 e. The SMILES string of the molecule is C[C@@H]1CCN(C(=O)C[C@H]2CNCCO2)[C@H](C)C1. The van der Waals surface area contributed by atoms with Gasteiger partial charge in [0.15, 0.2) is 0 Å². The van der Waals surface area contributed by atoms with Crippen LogP contribution in [-0.2, 0) is 9.53 Å². The minimum atomic E-state index is 0.0720. The number of nitrogens with one attached hydrogen (secondary N) is 1. The lowest BCUT2D eigenvalue weighted by molar-refractivity contribution is -0.138. The summed E-state index contributed by atoms with van der Waals surface area (Å²) < 4.78 is 5.59. The molecular weight excluding hydrogens is 216 g/mol. The molecule has 0 aromatic heterocycles. The summed E-state index contributed by atoms with van der Waals surface area (Å²) in [6, 6.07) is 0.391. The standard InChI is InChI=1S/C13H24N2O2/c1-10-3-5-15(11(2)7-10)13(16)8-12-9-14-4-6-17-12/h10-12,14H,3-9H2,1-2H3/t10-,11-,12+/m1/s1. The molecule has 2 aliphatic heterocycles. The Hall–Kier alpha value is -0.610. The van der Waals surface area contributed by atoms with Crippen LogP contribution in [0.5, 0.6) is 0 Å². The van der Waals surface area contributed by atoms with E-state index in [4.69, 9.17) is 4.74 Å². The fourth-order valence-electron chi connectivity index (χ4n) is 2.84. The van der Waals surface area contributed by atoms with Gasteiger partial charge in [0.2, 0.25) is 5.91 Å². The maximum Gasteiger partial charge on any atom is 0.225 e. The topological polar surface area (TPSA) is 41.6 Å². The van der Waals surface area contributed by atoms with Crippen molar-refractivity contribution in [2.45, 2.75) is 45.3 Å². The van der Waals surface area contributed by atoms with Crippen LogP contribution in [0.15, 0.2) is 0 Å². The van der Waals surface area contributed by atoms with Crippen molar-refractivity contribution in [3.05, 3.63) is 0 Å². The average Bonchev–Trinajstić information content (AvgIpc) is 2.30. The molecule has 17 heavy (non-hydrogen) atoms. The molecule has 4 heteroatoms. The second kappa shape index (κ2) is 5.83. The summed E-state index contributed by atoms with van der Waals surface area (Å²) in [6.45, 7) is 7.79. The summed E-state index contributed by atoms with van der Waals surface area (Å²) in [5, 5.41) is 3.27. The van der Waals surface area contributed by atoms with Crippen molar-refractivity contribution >= 4 is 5.91 Å². The number of hydrogen-bond acceptors (Lipinski definition) is 3. The molecule has 0 radical (unpaired) electrons. The van der Waals surface area contributed by atoms with Crippen molar-refractivity contribution in [1.82, 2.24) is 10.2 Å². The van der Waals surface area contributed by atoms with Crippen LogP contribution >= 0.6 is 0 Å². The van der Waals surface area contributed by atoms with Crippen LogP contribution in [0.4, 0.5) is 0 Å². The van der Waals surface area contributed by atoms with Crippen molar-refractivity contribution in [3.63, 3.8) is 0 Å². The fraction of sp³-hybridized carbons (Fsp3) is 0.923. The molecule has 2 heterocycles. The molecule has 0 aromatic carbocycles. The Bertz CT molecular complexity index is 264. The van der Waals surface area contributed by atoms with Gasteiger partial charge in [-0.1, -0.05) is 6.92 Å². The Balaban J connectivity index is 1.82. The molecule has 0 aliphatic carbocycles. The molecule has 1 amide bonds.